The molecule has 3 amide bonds. The van der Waals surface area contributed by atoms with E-state index in [-0.39, 0.29) is 60.3 Å². The molecule has 3 saturated heterocycles. The van der Waals surface area contributed by atoms with E-state index < -0.39 is 40.1 Å². The van der Waals surface area contributed by atoms with Gasteiger partial charge in [0.25, 0.3) is 27.7 Å². The molecule has 104 heavy (non-hydrogen) atoms. The van der Waals surface area contributed by atoms with Gasteiger partial charge < -0.3 is 40.2 Å². The summed E-state index contributed by atoms with van der Waals surface area (Å²) in [5.41, 5.74) is 4.96. The molecule has 3 aliphatic carbocycles. The molecule has 554 valence electrons. The molecular weight excluding hydrogens is 1410 g/mol. The van der Waals surface area contributed by atoms with E-state index in [0.717, 1.165) is 130 Å². The van der Waals surface area contributed by atoms with Crippen LogP contribution in [0.2, 0.25) is 0 Å². The number of piperidine rings is 2. The van der Waals surface area contributed by atoms with Crippen molar-refractivity contribution >= 4 is 96.2 Å². The van der Waals surface area contributed by atoms with Gasteiger partial charge in [-0.15, -0.1) is 0 Å². The first-order valence-electron chi connectivity index (χ1n) is 34.5. The number of carbonyl (C=O) groups is 3. The molecule has 3 saturated carbocycles. The Kier molecular flexibility index (Phi) is 26.7. The molecule has 3 aliphatic heterocycles. The molecule has 6 aromatic carbocycles. The number of hydrogen-bond donors (Lipinski definition) is 1. The van der Waals surface area contributed by atoms with Crippen LogP contribution in [-0.2, 0) is 51.6 Å². The number of hydrogen-bond acceptors (Lipinski definition) is 17. The number of para-hydroxylation sites is 3. The number of pyridine rings is 3. The Morgan fingerprint density at radius 2 is 0.683 bits per heavy atom. The number of sulfonamides is 1. The maximum atomic E-state index is 13.1. The molecule has 0 bridgehead atoms. The third-order valence-corrected chi connectivity index (χ3v) is 24.5. The number of aromatic nitrogens is 3. The molecule has 24 nitrogen and oxygen atoms in total. The monoisotopic (exact) mass is 1500 g/mol. The van der Waals surface area contributed by atoms with Crippen molar-refractivity contribution < 1.29 is 73.6 Å². The quantitative estimate of drug-likeness (QED) is 0.0617. The Bertz CT molecular complexity index is 4420. The first-order valence-corrected chi connectivity index (χ1v) is 40.6. The van der Waals surface area contributed by atoms with Crippen molar-refractivity contribution in [3.8, 4) is 0 Å². The van der Waals surface area contributed by atoms with Gasteiger partial charge in [0, 0.05) is 126 Å². The van der Waals surface area contributed by atoms with Crippen molar-refractivity contribution in [1.82, 2.24) is 34.6 Å². The van der Waals surface area contributed by atoms with E-state index in [9.17, 15) is 39.6 Å². The van der Waals surface area contributed by atoms with E-state index in [1.54, 1.807) is 146 Å². The van der Waals surface area contributed by atoms with Gasteiger partial charge in [-0.25, -0.2) is 25.3 Å². The van der Waals surface area contributed by atoms with Crippen LogP contribution in [0.4, 0.5) is 5.69 Å². The van der Waals surface area contributed by atoms with Crippen LogP contribution in [0.25, 0.3) is 32.7 Å². The molecular formula is C76H88N8O16S4-2. The van der Waals surface area contributed by atoms with Gasteiger partial charge in [0.15, 0.2) is 19.7 Å². The minimum Gasteiger partial charge on any atom is -0.759 e. The maximum Gasteiger partial charge on any atom is 0.264 e. The summed E-state index contributed by atoms with van der Waals surface area (Å²) in [6, 6.07) is 47.0. The van der Waals surface area contributed by atoms with Gasteiger partial charge in [-0.3, -0.25) is 47.4 Å². The summed E-state index contributed by atoms with van der Waals surface area (Å²) in [5, 5.41) is 2.36. The van der Waals surface area contributed by atoms with Gasteiger partial charge in [0.1, 0.15) is 4.90 Å². The van der Waals surface area contributed by atoms with Gasteiger partial charge >= 0.3 is 0 Å². The SMILES string of the molecule is O.O.O.O=C(c1ccc(CS(=O)(=O)c2cccc3cccnc23)cc1)N1CCC(CC2CC2)CC1.O=C(c1ccc(CS(=O)(=O)c2cccc3cccnc23)cc1)N1CCC(CC2CC2)CC1.O=C(c1ccc(NS(=O)(=O)c2cccc3cccnc23)cc1)N1CCN(CC2CC2)CC1.O=S(=O)([O-])[O-]. The predicted octanol–water partition coefficient (Wildman–Crippen LogP) is 9.11. The lowest BCUT2D eigenvalue weighted by Crippen LogP contribution is -2.49. The average Bonchev–Trinajstić information content (AvgIpc) is 1.23. The third kappa shape index (κ3) is 21.5. The van der Waals surface area contributed by atoms with E-state index >= 15 is 0 Å². The molecule has 28 heteroatoms. The molecule has 0 radical (unpaired) electrons. The topological polar surface area (TPSA) is 392 Å². The lowest BCUT2D eigenvalue weighted by molar-refractivity contribution is 0.0630. The van der Waals surface area contributed by atoms with Crippen LogP contribution >= 0.6 is 0 Å². The van der Waals surface area contributed by atoms with Crippen molar-refractivity contribution in [2.75, 3.05) is 63.6 Å². The fraction of sp³-hybridized carbons (Fsp3) is 0.368. The number of rotatable bonds is 18. The van der Waals surface area contributed by atoms with Gasteiger partial charge in [-0.1, -0.05) is 105 Å². The number of piperazine rings is 1. The summed E-state index contributed by atoms with van der Waals surface area (Å²) in [5.74, 6) is 4.11. The number of amides is 3. The Balaban J connectivity index is 0.000000173. The summed E-state index contributed by atoms with van der Waals surface area (Å²) < 4.78 is 115. The number of nitrogens with one attached hydrogen (secondary N) is 1. The number of fused-ring (bicyclic) bond motifs is 3. The second-order valence-electron chi connectivity index (χ2n) is 27.4. The zero-order valence-electron chi connectivity index (χ0n) is 57.5. The normalized spacial score (nSPS) is 16.7. The summed E-state index contributed by atoms with van der Waals surface area (Å²) >= 11 is 0. The maximum absolute atomic E-state index is 13.1. The highest BCUT2D eigenvalue weighted by molar-refractivity contribution is 7.93. The zero-order valence-corrected chi connectivity index (χ0v) is 60.8. The van der Waals surface area contributed by atoms with Crippen molar-refractivity contribution in [2.45, 2.75) is 103 Å². The van der Waals surface area contributed by atoms with Crippen LogP contribution in [0.5, 0.6) is 0 Å². The van der Waals surface area contributed by atoms with Crippen molar-refractivity contribution in [2.24, 2.45) is 29.6 Å². The predicted molar refractivity (Wildman–Crippen MR) is 395 cm³/mol. The van der Waals surface area contributed by atoms with E-state index in [0.29, 0.717) is 50.1 Å². The number of likely N-dealkylation sites (tertiary alicyclic amines) is 2. The molecule has 6 heterocycles. The zero-order chi connectivity index (χ0) is 70.9. The van der Waals surface area contributed by atoms with E-state index in [2.05, 4.69) is 24.6 Å². The Morgan fingerprint density at radius 1 is 0.375 bits per heavy atom. The summed E-state index contributed by atoms with van der Waals surface area (Å²) in [6.07, 6.45) is 20.1. The Labute approximate surface area is 607 Å². The Morgan fingerprint density at radius 3 is 1.04 bits per heavy atom. The first kappa shape index (κ1) is 79.4. The van der Waals surface area contributed by atoms with Gasteiger partial charge in [-0.2, -0.15) is 0 Å². The minimum atomic E-state index is -5.17. The molecule has 15 rings (SSSR count). The lowest BCUT2D eigenvalue weighted by atomic mass is 9.91. The highest BCUT2D eigenvalue weighted by atomic mass is 32.3. The van der Waals surface area contributed by atoms with Crippen LogP contribution in [0, 0.1) is 29.6 Å². The van der Waals surface area contributed by atoms with Gasteiger partial charge in [0.2, 0.25) is 0 Å². The lowest BCUT2D eigenvalue weighted by Gasteiger charge is -2.34. The van der Waals surface area contributed by atoms with Crippen molar-refractivity contribution in [3.63, 3.8) is 0 Å². The first-order chi connectivity index (χ1) is 48.5. The smallest absolute Gasteiger partial charge is 0.264 e. The molecule has 7 N–H and O–H groups in total. The standard InChI is InChI=1S/2C26H28N2O3S.C24H26N4O3S.H2O4S.3H2O/c2*29-26(28-15-12-20(13-16-28)17-19-6-7-19)23-10-8-21(9-11-23)18-32(30,31)24-5-1-3-22-4-2-14-27-25(22)24;29-24(28-15-13-27(14-16-28)17-18-6-7-18)20-8-10-21(11-9-20)26-32(30,31)22-5-1-3-19-4-2-12-25-23(19)22;1-5(2,3)4;;;/h2*1-5,8-11,14,19-20H,6-7,12-13,15-18H2;1-5,8-12,18,26H,6-7,13-17H2;(H2,1,2,3,4);3*1H2/p-2. The highest BCUT2D eigenvalue weighted by Gasteiger charge is 2.33. The molecule has 6 fully saturated rings. The van der Waals surface area contributed by atoms with Gasteiger partial charge in [-0.05, 0) is 177 Å². The molecule has 0 unspecified atom stereocenters. The van der Waals surface area contributed by atoms with Crippen LogP contribution in [0.1, 0.15) is 119 Å². The second-order valence-corrected chi connectivity index (χ2v) is 33.7. The molecule has 9 aromatic rings. The third-order valence-electron chi connectivity index (χ3n) is 19.6. The van der Waals surface area contributed by atoms with E-state index in [4.69, 9.17) is 17.5 Å². The van der Waals surface area contributed by atoms with Crippen molar-refractivity contribution in [1.29, 1.82) is 0 Å². The van der Waals surface area contributed by atoms with Crippen LogP contribution in [-0.4, -0.2) is 170 Å². The summed E-state index contributed by atoms with van der Waals surface area (Å²) in [6.45, 7) is 7.73. The van der Waals surface area contributed by atoms with E-state index in [1.807, 2.05) is 51.1 Å². The molecule has 0 spiro atoms. The van der Waals surface area contributed by atoms with Crippen LogP contribution in [0.15, 0.2) is 197 Å². The summed E-state index contributed by atoms with van der Waals surface area (Å²) in [4.78, 5) is 60.3. The molecule has 3 aromatic heterocycles. The number of anilines is 1. The summed E-state index contributed by atoms with van der Waals surface area (Å²) in [7, 11) is -16.1. The molecule has 0 atom stereocenters. The average molecular weight is 1500 g/mol. The molecule has 6 aliphatic rings. The largest absolute Gasteiger partial charge is 0.759 e. The fourth-order valence-corrected chi connectivity index (χ4v) is 18.0. The van der Waals surface area contributed by atoms with Gasteiger partial charge in [0.05, 0.1) is 37.8 Å². The Hall–Kier alpha value is -8.68. The highest BCUT2D eigenvalue weighted by Crippen LogP contribution is 2.40. The number of benzene rings is 6. The van der Waals surface area contributed by atoms with Crippen LogP contribution in [0.3, 0.4) is 0 Å². The fourth-order valence-electron chi connectivity index (χ4n) is 13.7. The minimum absolute atomic E-state index is 0. The van der Waals surface area contributed by atoms with E-state index in [1.165, 1.54) is 51.4 Å². The second kappa shape index (κ2) is 34.9. The van der Waals surface area contributed by atoms with Crippen LogP contribution < -0.4 is 4.72 Å². The number of sulfone groups is 2. The number of carbonyl (C=O) groups excluding carboxylic acids is 3. The van der Waals surface area contributed by atoms with Crippen molar-refractivity contribution in [3.05, 3.63) is 210 Å². The number of nitrogens with zero attached hydrogens (tertiary/aromatic N) is 7.